The van der Waals surface area contributed by atoms with E-state index in [2.05, 4.69) is 5.32 Å². The van der Waals surface area contributed by atoms with Gasteiger partial charge in [0, 0.05) is 11.6 Å². The van der Waals surface area contributed by atoms with E-state index in [1.54, 1.807) is 7.11 Å². The molecule has 1 aliphatic rings. The molecule has 2 N–H and O–H groups in total. The van der Waals surface area contributed by atoms with Crippen LogP contribution >= 0.6 is 0 Å². The van der Waals surface area contributed by atoms with Crippen molar-refractivity contribution in [1.82, 2.24) is 5.32 Å². The highest BCUT2D eigenvalue weighted by atomic mass is 16.5. The number of hydrogen-bond donors (Lipinski definition) is 2. The van der Waals surface area contributed by atoms with Crippen LogP contribution in [0.4, 0.5) is 0 Å². The molecule has 1 saturated carbocycles. The maximum absolute atomic E-state index is 12.2. The van der Waals surface area contributed by atoms with Crippen LogP contribution in [-0.4, -0.2) is 30.1 Å². The first-order chi connectivity index (χ1) is 9.99. The normalized spacial score (nSPS) is 15.3. The number of aliphatic carboxylic acids is 1. The van der Waals surface area contributed by atoms with E-state index in [9.17, 15) is 9.59 Å². The van der Waals surface area contributed by atoms with Gasteiger partial charge in [-0.1, -0.05) is 17.7 Å². The van der Waals surface area contributed by atoms with Crippen molar-refractivity contribution in [2.75, 3.05) is 7.11 Å². The fourth-order valence-electron chi connectivity index (χ4n) is 2.50. The minimum atomic E-state index is -0.875. The van der Waals surface area contributed by atoms with Crippen LogP contribution in [0.3, 0.4) is 0 Å². The van der Waals surface area contributed by atoms with Gasteiger partial charge in [-0.25, -0.2) is 0 Å². The lowest BCUT2D eigenvalue weighted by Gasteiger charge is -2.17. The first-order valence-electron chi connectivity index (χ1n) is 7.14. The number of benzene rings is 1. The summed E-state index contributed by atoms with van der Waals surface area (Å²) >= 11 is 0. The summed E-state index contributed by atoms with van der Waals surface area (Å²) in [4.78, 5) is 23.0. The highest BCUT2D eigenvalue weighted by Crippen LogP contribution is 2.34. The third-order valence-electron chi connectivity index (χ3n) is 3.72. The van der Waals surface area contributed by atoms with E-state index in [1.807, 2.05) is 25.1 Å². The molecule has 0 spiro atoms. The Bertz CT molecular complexity index is 537. The Hall–Kier alpha value is -2.04. The predicted molar refractivity (Wildman–Crippen MR) is 78.3 cm³/mol. The number of aryl methyl sites for hydroxylation is 1. The molecule has 1 unspecified atom stereocenters. The van der Waals surface area contributed by atoms with E-state index in [1.165, 1.54) is 0 Å². The summed E-state index contributed by atoms with van der Waals surface area (Å²) in [6, 6.07) is 5.43. The standard InChI is InChI=1S/C16H21NO4/c1-10-3-6-14(21-2)12(7-10)8-15(18)17-13(9-16(19)20)11-4-5-11/h3,6-7,11,13H,4-5,8-9H2,1-2H3,(H,17,18)(H,19,20). The molecule has 1 aromatic rings. The number of hydrogen-bond acceptors (Lipinski definition) is 3. The Morgan fingerprint density at radius 3 is 2.71 bits per heavy atom. The zero-order chi connectivity index (χ0) is 15.4. The zero-order valence-corrected chi connectivity index (χ0v) is 12.4. The second-order valence-electron chi connectivity index (χ2n) is 5.60. The van der Waals surface area contributed by atoms with Crippen molar-refractivity contribution in [1.29, 1.82) is 0 Å². The third-order valence-corrected chi connectivity index (χ3v) is 3.72. The molecule has 5 nitrogen and oxygen atoms in total. The van der Waals surface area contributed by atoms with Gasteiger partial charge in [0.2, 0.25) is 5.91 Å². The summed E-state index contributed by atoms with van der Waals surface area (Å²) in [5.74, 6) is -0.0428. The number of rotatable bonds is 7. The quantitative estimate of drug-likeness (QED) is 0.804. The molecule has 1 aliphatic carbocycles. The summed E-state index contributed by atoms with van der Waals surface area (Å²) in [7, 11) is 1.57. The Morgan fingerprint density at radius 2 is 2.14 bits per heavy atom. The van der Waals surface area contributed by atoms with Crippen LogP contribution < -0.4 is 10.1 Å². The topological polar surface area (TPSA) is 75.6 Å². The van der Waals surface area contributed by atoms with Gasteiger partial charge in [-0.05, 0) is 31.7 Å². The molecule has 1 atom stereocenters. The summed E-state index contributed by atoms with van der Waals surface area (Å²) in [5, 5.41) is 11.8. The van der Waals surface area contributed by atoms with Gasteiger partial charge in [0.05, 0.1) is 20.0 Å². The molecule has 0 aliphatic heterocycles. The van der Waals surface area contributed by atoms with Crippen LogP contribution in [0.15, 0.2) is 18.2 Å². The van der Waals surface area contributed by atoms with Crippen molar-refractivity contribution < 1.29 is 19.4 Å². The minimum Gasteiger partial charge on any atom is -0.496 e. The number of ether oxygens (including phenoxy) is 1. The number of amides is 1. The van der Waals surface area contributed by atoms with Crippen molar-refractivity contribution in [2.24, 2.45) is 5.92 Å². The van der Waals surface area contributed by atoms with E-state index in [-0.39, 0.29) is 24.8 Å². The molecule has 0 heterocycles. The van der Waals surface area contributed by atoms with E-state index < -0.39 is 5.97 Å². The molecule has 1 aromatic carbocycles. The van der Waals surface area contributed by atoms with E-state index in [0.29, 0.717) is 11.7 Å². The molecule has 0 bridgehead atoms. The van der Waals surface area contributed by atoms with Crippen molar-refractivity contribution in [3.63, 3.8) is 0 Å². The predicted octanol–water partition coefficient (Wildman–Crippen LogP) is 1.92. The Kier molecular flexibility index (Phi) is 4.83. The first-order valence-corrected chi connectivity index (χ1v) is 7.14. The monoisotopic (exact) mass is 291 g/mol. The lowest BCUT2D eigenvalue weighted by atomic mass is 10.1. The van der Waals surface area contributed by atoms with Crippen molar-refractivity contribution >= 4 is 11.9 Å². The summed E-state index contributed by atoms with van der Waals surface area (Å²) in [6.45, 7) is 1.96. The van der Waals surface area contributed by atoms with Crippen LogP contribution in [0.5, 0.6) is 5.75 Å². The molecule has 5 heteroatoms. The van der Waals surface area contributed by atoms with Gasteiger partial charge in [0.1, 0.15) is 5.75 Å². The number of nitrogens with one attached hydrogen (secondary N) is 1. The van der Waals surface area contributed by atoms with Gasteiger partial charge < -0.3 is 15.2 Å². The van der Waals surface area contributed by atoms with Gasteiger partial charge in [0.25, 0.3) is 0 Å². The molecule has 0 aromatic heterocycles. The molecule has 2 rings (SSSR count). The third kappa shape index (κ3) is 4.48. The second-order valence-corrected chi connectivity index (χ2v) is 5.60. The molecular formula is C16H21NO4. The Labute approximate surface area is 124 Å². The smallest absolute Gasteiger partial charge is 0.305 e. The maximum atomic E-state index is 12.2. The van der Waals surface area contributed by atoms with Gasteiger partial charge in [-0.3, -0.25) is 9.59 Å². The lowest BCUT2D eigenvalue weighted by Crippen LogP contribution is -2.39. The summed E-state index contributed by atoms with van der Waals surface area (Å²) < 4.78 is 5.26. The molecule has 1 fully saturated rings. The number of carboxylic acids is 1. The Balaban J connectivity index is 2.00. The van der Waals surface area contributed by atoms with Gasteiger partial charge in [-0.15, -0.1) is 0 Å². The average Bonchev–Trinajstić information content (AvgIpc) is 3.21. The van der Waals surface area contributed by atoms with Gasteiger partial charge in [-0.2, -0.15) is 0 Å². The van der Waals surface area contributed by atoms with E-state index in [4.69, 9.17) is 9.84 Å². The first kappa shape index (κ1) is 15.4. The van der Waals surface area contributed by atoms with E-state index >= 15 is 0 Å². The maximum Gasteiger partial charge on any atom is 0.305 e. The molecule has 1 amide bonds. The highest BCUT2D eigenvalue weighted by Gasteiger charge is 2.33. The van der Waals surface area contributed by atoms with Gasteiger partial charge >= 0.3 is 5.97 Å². The fourth-order valence-corrected chi connectivity index (χ4v) is 2.50. The minimum absolute atomic E-state index is 0.0125. The van der Waals surface area contributed by atoms with Crippen molar-refractivity contribution in [3.05, 3.63) is 29.3 Å². The van der Waals surface area contributed by atoms with Crippen LogP contribution in [0.1, 0.15) is 30.4 Å². The van der Waals surface area contributed by atoms with Gasteiger partial charge in [0.15, 0.2) is 0 Å². The van der Waals surface area contributed by atoms with E-state index in [0.717, 1.165) is 24.0 Å². The molecule has 21 heavy (non-hydrogen) atoms. The van der Waals surface area contributed by atoms with Crippen molar-refractivity contribution in [2.45, 2.75) is 38.6 Å². The molecule has 0 saturated heterocycles. The molecular weight excluding hydrogens is 270 g/mol. The molecule has 114 valence electrons. The largest absolute Gasteiger partial charge is 0.496 e. The highest BCUT2D eigenvalue weighted by molar-refractivity contribution is 5.80. The van der Waals surface area contributed by atoms with Crippen LogP contribution in [-0.2, 0) is 16.0 Å². The Morgan fingerprint density at radius 1 is 1.43 bits per heavy atom. The summed E-state index contributed by atoms with van der Waals surface area (Å²) in [5.41, 5.74) is 1.88. The number of methoxy groups -OCH3 is 1. The van der Waals surface area contributed by atoms with Crippen LogP contribution in [0.25, 0.3) is 0 Å². The fraction of sp³-hybridized carbons (Fsp3) is 0.500. The van der Waals surface area contributed by atoms with Crippen LogP contribution in [0.2, 0.25) is 0 Å². The summed E-state index contributed by atoms with van der Waals surface area (Å²) in [6.07, 6.45) is 2.17. The SMILES string of the molecule is COc1ccc(C)cc1CC(=O)NC(CC(=O)O)C1CC1. The van der Waals surface area contributed by atoms with Crippen molar-refractivity contribution in [3.8, 4) is 5.75 Å². The van der Waals surface area contributed by atoms with Crippen LogP contribution in [0, 0.1) is 12.8 Å². The number of carboxylic acid groups (broad SMARTS) is 1. The zero-order valence-electron chi connectivity index (χ0n) is 12.4. The lowest BCUT2D eigenvalue weighted by molar-refractivity contribution is -0.137. The second kappa shape index (κ2) is 6.61. The number of carbonyl (C=O) groups is 2. The number of carbonyl (C=O) groups excluding carboxylic acids is 1. The molecule has 0 radical (unpaired) electrons. The average molecular weight is 291 g/mol.